The molecule has 0 saturated heterocycles. The molecule has 1 amide bonds. The summed E-state index contributed by atoms with van der Waals surface area (Å²) in [4.78, 5) is 24.4. The lowest BCUT2D eigenvalue weighted by Crippen LogP contribution is -2.27. The van der Waals surface area contributed by atoms with Crippen molar-refractivity contribution in [1.82, 2.24) is 9.88 Å². The van der Waals surface area contributed by atoms with Crippen molar-refractivity contribution in [3.05, 3.63) is 83.6 Å². The highest BCUT2D eigenvalue weighted by atomic mass is 16.2. The molecule has 1 heterocycles. The summed E-state index contributed by atoms with van der Waals surface area (Å²) in [6.07, 6.45) is 0. The number of ketones is 1. The predicted molar refractivity (Wildman–Crippen MR) is 103 cm³/mol. The molecule has 0 bridgehead atoms. The highest BCUT2D eigenvalue weighted by Gasteiger charge is 2.17. The van der Waals surface area contributed by atoms with Crippen LogP contribution in [-0.4, -0.2) is 16.3 Å². The minimum absolute atomic E-state index is 0.00289. The van der Waals surface area contributed by atoms with Crippen molar-refractivity contribution in [1.29, 1.82) is 0 Å². The molecule has 1 N–H and O–H groups in total. The Hall–Kier alpha value is -3.14. The summed E-state index contributed by atoms with van der Waals surface area (Å²) in [6.45, 7) is 4.10. The number of nitrogens with one attached hydrogen (secondary N) is 1. The van der Waals surface area contributed by atoms with E-state index >= 15 is 0 Å². The topological polar surface area (TPSA) is 51.1 Å². The summed E-state index contributed by atoms with van der Waals surface area (Å²) in [6, 6.07) is 21.5. The second-order valence-corrected chi connectivity index (χ2v) is 6.30. The molecule has 0 fully saturated rings. The van der Waals surface area contributed by atoms with Crippen LogP contribution in [0.5, 0.6) is 0 Å². The highest BCUT2D eigenvalue weighted by Crippen LogP contribution is 2.26. The first kappa shape index (κ1) is 17.7. The Morgan fingerprint density at radius 1 is 0.962 bits per heavy atom. The van der Waals surface area contributed by atoms with Crippen LogP contribution in [0.15, 0.2) is 66.7 Å². The maximum absolute atomic E-state index is 12.5. The van der Waals surface area contributed by atoms with E-state index in [1.54, 1.807) is 6.92 Å². The lowest BCUT2D eigenvalue weighted by atomic mass is 10.1. The largest absolute Gasteiger partial charge is 0.350 e. The molecular weight excluding hydrogens is 324 g/mol. The number of aromatic nitrogens is 1. The Morgan fingerprint density at radius 3 is 2.19 bits per heavy atom. The average Bonchev–Trinajstić information content (AvgIpc) is 2.98. The Labute approximate surface area is 153 Å². The zero-order valence-corrected chi connectivity index (χ0v) is 15.0. The van der Waals surface area contributed by atoms with Crippen LogP contribution in [0.3, 0.4) is 0 Å². The Morgan fingerprint density at radius 2 is 1.58 bits per heavy atom. The van der Waals surface area contributed by atoms with Gasteiger partial charge in [-0.2, -0.15) is 0 Å². The molecule has 4 heteroatoms. The average molecular weight is 346 g/mol. The number of carbonyl (C=O) groups excluding carboxylic acids is 2. The Balaban J connectivity index is 1.84. The van der Waals surface area contributed by atoms with E-state index in [2.05, 4.69) is 5.32 Å². The molecule has 0 aliphatic carbocycles. The molecule has 2 aromatic carbocycles. The summed E-state index contributed by atoms with van der Waals surface area (Å²) in [5.41, 5.74) is 4.38. The third-order valence-corrected chi connectivity index (χ3v) is 4.45. The van der Waals surface area contributed by atoms with Gasteiger partial charge in [0, 0.05) is 23.5 Å². The maximum Gasteiger partial charge on any atom is 0.240 e. The van der Waals surface area contributed by atoms with Gasteiger partial charge in [0.25, 0.3) is 0 Å². The fraction of sp³-hybridized carbons (Fsp3) is 0.182. The number of hydrogen-bond donors (Lipinski definition) is 1. The maximum atomic E-state index is 12.5. The number of benzene rings is 2. The molecular formula is C22H22N2O2. The van der Waals surface area contributed by atoms with Crippen LogP contribution < -0.4 is 5.32 Å². The zero-order chi connectivity index (χ0) is 18.5. The van der Waals surface area contributed by atoms with Crippen molar-refractivity contribution in [2.24, 2.45) is 0 Å². The van der Waals surface area contributed by atoms with Gasteiger partial charge in [0.2, 0.25) is 5.91 Å². The first-order chi connectivity index (χ1) is 12.6. The molecule has 132 valence electrons. The van der Waals surface area contributed by atoms with E-state index in [1.165, 1.54) is 0 Å². The first-order valence-electron chi connectivity index (χ1n) is 8.63. The normalized spacial score (nSPS) is 10.5. The number of rotatable bonds is 6. The number of Topliss-reactive ketones (excluding diaryl/α,β-unsaturated/α-hetero) is 1. The smallest absolute Gasteiger partial charge is 0.240 e. The van der Waals surface area contributed by atoms with Crippen LogP contribution in [0.1, 0.15) is 28.5 Å². The Kier molecular flexibility index (Phi) is 5.32. The number of hydrogen-bond acceptors (Lipinski definition) is 2. The van der Waals surface area contributed by atoms with Gasteiger partial charge >= 0.3 is 0 Å². The third-order valence-electron chi connectivity index (χ3n) is 4.45. The van der Waals surface area contributed by atoms with E-state index in [4.69, 9.17) is 0 Å². The van der Waals surface area contributed by atoms with Gasteiger partial charge in [-0.25, -0.2) is 0 Å². The molecule has 0 spiro atoms. The third kappa shape index (κ3) is 3.91. The number of nitrogens with zero attached hydrogens (tertiary/aromatic N) is 1. The molecule has 0 aliphatic rings. The summed E-state index contributed by atoms with van der Waals surface area (Å²) in [7, 11) is 0. The van der Waals surface area contributed by atoms with E-state index in [1.807, 2.05) is 78.2 Å². The minimum Gasteiger partial charge on any atom is -0.350 e. The van der Waals surface area contributed by atoms with Gasteiger partial charge in [-0.05, 0) is 31.0 Å². The standard InChI is InChI=1S/C22H22N2O2/c1-16-20(17(2)25)13-21(19-11-7-4-8-12-19)24(16)15-22(26)23-14-18-9-5-3-6-10-18/h3-13H,14-15H2,1-2H3,(H,23,26). The van der Waals surface area contributed by atoms with E-state index in [-0.39, 0.29) is 18.2 Å². The minimum atomic E-state index is -0.0835. The van der Waals surface area contributed by atoms with Crippen LogP contribution in [0.4, 0.5) is 0 Å². The van der Waals surface area contributed by atoms with Crippen molar-refractivity contribution in [3.63, 3.8) is 0 Å². The monoisotopic (exact) mass is 346 g/mol. The summed E-state index contributed by atoms with van der Waals surface area (Å²) in [5, 5.41) is 2.95. The van der Waals surface area contributed by atoms with Crippen molar-refractivity contribution in [2.75, 3.05) is 0 Å². The first-order valence-corrected chi connectivity index (χ1v) is 8.63. The van der Waals surface area contributed by atoms with Crippen molar-refractivity contribution in [2.45, 2.75) is 26.9 Å². The predicted octanol–water partition coefficient (Wildman–Crippen LogP) is 3.98. The van der Waals surface area contributed by atoms with Gasteiger partial charge in [-0.3, -0.25) is 9.59 Å². The van der Waals surface area contributed by atoms with Crippen LogP contribution in [0.25, 0.3) is 11.3 Å². The summed E-state index contributed by atoms with van der Waals surface area (Å²) in [5.74, 6) is -0.0806. The van der Waals surface area contributed by atoms with Gasteiger partial charge in [0.05, 0.1) is 0 Å². The lowest BCUT2D eigenvalue weighted by molar-refractivity contribution is -0.121. The quantitative estimate of drug-likeness (QED) is 0.686. The van der Waals surface area contributed by atoms with Crippen LogP contribution in [0, 0.1) is 6.92 Å². The van der Waals surface area contributed by atoms with Crippen LogP contribution in [0.2, 0.25) is 0 Å². The molecule has 0 saturated carbocycles. The van der Waals surface area contributed by atoms with Crippen molar-refractivity contribution in [3.8, 4) is 11.3 Å². The SMILES string of the molecule is CC(=O)c1cc(-c2ccccc2)n(CC(=O)NCc2ccccc2)c1C. The van der Waals surface area contributed by atoms with E-state index in [0.717, 1.165) is 22.5 Å². The fourth-order valence-corrected chi connectivity index (χ4v) is 3.05. The van der Waals surface area contributed by atoms with Crippen LogP contribution in [-0.2, 0) is 17.9 Å². The van der Waals surface area contributed by atoms with Gasteiger partial charge in [0.1, 0.15) is 6.54 Å². The molecule has 0 aliphatic heterocycles. The van der Waals surface area contributed by atoms with Gasteiger partial charge in [-0.15, -0.1) is 0 Å². The number of amides is 1. The molecule has 3 aromatic rings. The lowest BCUT2D eigenvalue weighted by Gasteiger charge is -2.12. The fourth-order valence-electron chi connectivity index (χ4n) is 3.05. The van der Waals surface area contributed by atoms with Crippen molar-refractivity contribution >= 4 is 11.7 Å². The molecule has 4 nitrogen and oxygen atoms in total. The summed E-state index contributed by atoms with van der Waals surface area (Å²) < 4.78 is 1.91. The molecule has 3 rings (SSSR count). The van der Waals surface area contributed by atoms with Crippen molar-refractivity contribution < 1.29 is 9.59 Å². The van der Waals surface area contributed by atoms with Gasteiger partial charge in [0.15, 0.2) is 5.78 Å². The second kappa shape index (κ2) is 7.83. The van der Waals surface area contributed by atoms with Gasteiger partial charge < -0.3 is 9.88 Å². The van der Waals surface area contributed by atoms with E-state index < -0.39 is 0 Å². The zero-order valence-electron chi connectivity index (χ0n) is 15.0. The Bertz CT molecular complexity index is 912. The van der Waals surface area contributed by atoms with Gasteiger partial charge in [-0.1, -0.05) is 60.7 Å². The molecule has 0 radical (unpaired) electrons. The molecule has 0 atom stereocenters. The number of carbonyl (C=O) groups is 2. The molecule has 1 aromatic heterocycles. The molecule has 0 unspecified atom stereocenters. The van der Waals surface area contributed by atoms with Crippen LogP contribution >= 0.6 is 0 Å². The van der Waals surface area contributed by atoms with E-state index in [9.17, 15) is 9.59 Å². The second-order valence-electron chi connectivity index (χ2n) is 6.30. The molecule has 26 heavy (non-hydrogen) atoms. The highest BCUT2D eigenvalue weighted by molar-refractivity contribution is 5.97. The van der Waals surface area contributed by atoms with E-state index in [0.29, 0.717) is 12.1 Å². The summed E-state index contributed by atoms with van der Waals surface area (Å²) >= 11 is 0.